The molecule has 0 aliphatic rings. The normalized spacial score (nSPS) is 11.0. The summed E-state index contributed by atoms with van der Waals surface area (Å²) in [6.07, 6.45) is -4.62. The van der Waals surface area contributed by atoms with Gasteiger partial charge in [-0.2, -0.15) is 13.2 Å². The quantitative estimate of drug-likeness (QED) is 0.873. The van der Waals surface area contributed by atoms with Crippen LogP contribution in [0.25, 0.3) is 0 Å². The highest BCUT2D eigenvalue weighted by atomic mass is 19.4. The van der Waals surface area contributed by atoms with Gasteiger partial charge in [-0.25, -0.2) is 0 Å². The average molecular weight is 305 g/mol. The Hall–Kier alpha value is -2.25. The molecule has 1 aromatic rings. The second-order valence-corrected chi connectivity index (χ2v) is 4.27. The van der Waals surface area contributed by atoms with Gasteiger partial charge in [-0.15, -0.1) is 0 Å². The highest BCUT2D eigenvalue weighted by molar-refractivity contribution is 5.78. The molecule has 0 fully saturated rings. The van der Waals surface area contributed by atoms with E-state index < -0.39 is 23.6 Å². The molecular formula is C13H14F3NO4. The molecule has 0 saturated carbocycles. The van der Waals surface area contributed by atoms with Gasteiger partial charge in [0.1, 0.15) is 5.75 Å². The first-order valence-corrected chi connectivity index (χ1v) is 5.96. The molecule has 0 aliphatic heterocycles. The van der Waals surface area contributed by atoms with Gasteiger partial charge in [0.15, 0.2) is 6.61 Å². The maximum atomic E-state index is 12.3. The Kier molecular flexibility index (Phi) is 5.57. The predicted molar refractivity (Wildman–Crippen MR) is 66.8 cm³/mol. The minimum atomic E-state index is -4.43. The molecule has 0 aromatic heterocycles. The number of alkyl halides is 3. The number of aliphatic carboxylic acids is 1. The van der Waals surface area contributed by atoms with E-state index in [-0.39, 0.29) is 25.3 Å². The molecule has 21 heavy (non-hydrogen) atoms. The van der Waals surface area contributed by atoms with Gasteiger partial charge < -0.3 is 14.7 Å². The van der Waals surface area contributed by atoms with E-state index in [1.807, 2.05) is 0 Å². The number of nitrogens with zero attached hydrogens (tertiary/aromatic N) is 1. The molecule has 0 spiro atoms. The summed E-state index contributed by atoms with van der Waals surface area (Å²) in [6.45, 7) is -0.341. The molecule has 0 atom stereocenters. The third-order valence-corrected chi connectivity index (χ3v) is 2.63. The van der Waals surface area contributed by atoms with Crippen molar-refractivity contribution >= 4 is 11.9 Å². The van der Waals surface area contributed by atoms with E-state index in [2.05, 4.69) is 0 Å². The van der Waals surface area contributed by atoms with E-state index in [4.69, 9.17) is 9.84 Å². The van der Waals surface area contributed by atoms with Gasteiger partial charge in [0.25, 0.3) is 5.91 Å². The second kappa shape index (κ2) is 6.96. The van der Waals surface area contributed by atoms with Crippen LogP contribution in [-0.4, -0.2) is 42.1 Å². The van der Waals surface area contributed by atoms with Crippen molar-refractivity contribution in [1.29, 1.82) is 0 Å². The fraction of sp³-hybridized carbons (Fsp3) is 0.385. The topological polar surface area (TPSA) is 66.8 Å². The van der Waals surface area contributed by atoms with Gasteiger partial charge in [-0.05, 0) is 24.3 Å². The van der Waals surface area contributed by atoms with Gasteiger partial charge in [0.2, 0.25) is 0 Å². The Balaban J connectivity index is 2.48. The molecule has 1 aromatic carbocycles. The molecule has 116 valence electrons. The largest absolute Gasteiger partial charge is 0.484 e. The maximum Gasteiger partial charge on any atom is 0.416 e. The van der Waals surface area contributed by atoms with Crippen LogP contribution in [0.2, 0.25) is 0 Å². The average Bonchev–Trinajstić information content (AvgIpc) is 2.41. The number of amides is 1. The van der Waals surface area contributed by atoms with Crippen LogP contribution in [0.4, 0.5) is 13.2 Å². The van der Waals surface area contributed by atoms with Crippen LogP contribution in [0.15, 0.2) is 24.3 Å². The number of hydrogen-bond acceptors (Lipinski definition) is 3. The van der Waals surface area contributed by atoms with Crippen LogP contribution in [0.1, 0.15) is 12.0 Å². The Bertz CT molecular complexity index is 499. The molecule has 0 aliphatic carbocycles. The third kappa shape index (κ3) is 5.72. The summed E-state index contributed by atoms with van der Waals surface area (Å²) in [5.41, 5.74) is -0.806. The summed E-state index contributed by atoms with van der Waals surface area (Å²) in [4.78, 5) is 23.1. The van der Waals surface area contributed by atoms with Gasteiger partial charge in [-0.3, -0.25) is 9.59 Å². The molecule has 1 N–H and O–H groups in total. The summed E-state index contributed by atoms with van der Waals surface area (Å²) in [6, 6.07) is 3.95. The van der Waals surface area contributed by atoms with Crippen molar-refractivity contribution in [3.8, 4) is 5.75 Å². The molecule has 8 heteroatoms. The van der Waals surface area contributed by atoms with Crippen LogP contribution in [0.3, 0.4) is 0 Å². The van der Waals surface area contributed by atoms with E-state index in [0.717, 1.165) is 24.3 Å². The molecule has 0 unspecified atom stereocenters. The van der Waals surface area contributed by atoms with Crippen LogP contribution in [-0.2, 0) is 15.8 Å². The van der Waals surface area contributed by atoms with Crippen molar-refractivity contribution < 1.29 is 32.6 Å². The van der Waals surface area contributed by atoms with Crippen molar-refractivity contribution in [2.75, 3.05) is 20.2 Å². The molecule has 5 nitrogen and oxygen atoms in total. The van der Waals surface area contributed by atoms with Gasteiger partial charge in [0.05, 0.1) is 12.0 Å². The lowest BCUT2D eigenvalue weighted by Gasteiger charge is -2.16. The van der Waals surface area contributed by atoms with E-state index in [1.54, 1.807) is 0 Å². The zero-order chi connectivity index (χ0) is 16.0. The first-order chi connectivity index (χ1) is 9.70. The van der Waals surface area contributed by atoms with Gasteiger partial charge in [0, 0.05) is 13.6 Å². The number of hydrogen-bond donors (Lipinski definition) is 1. The van der Waals surface area contributed by atoms with Crippen molar-refractivity contribution in [2.45, 2.75) is 12.6 Å². The van der Waals surface area contributed by atoms with Crippen molar-refractivity contribution in [3.63, 3.8) is 0 Å². The van der Waals surface area contributed by atoms with E-state index in [1.165, 1.54) is 11.9 Å². The minimum absolute atomic E-state index is 0.0323. The molecule has 0 bridgehead atoms. The standard InChI is InChI=1S/C13H14F3NO4/c1-17(7-6-12(19)20)11(18)8-21-10-4-2-9(3-5-10)13(14,15)16/h2-5H,6-8H2,1H3,(H,19,20). The van der Waals surface area contributed by atoms with Crippen molar-refractivity contribution in [3.05, 3.63) is 29.8 Å². The lowest BCUT2D eigenvalue weighted by atomic mass is 10.2. The molecule has 0 saturated heterocycles. The summed E-state index contributed by atoms with van der Waals surface area (Å²) < 4.78 is 42.1. The smallest absolute Gasteiger partial charge is 0.416 e. The van der Waals surface area contributed by atoms with E-state index in [0.29, 0.717) is 0 Å². The summed E-state index contributed by atoms with van der Waals surface area (Å²) in [7, 11) is 1.42. The third-order valence-electron chi connectivity index (χ3n) is 2.63. The fourth-order valence-electron chi connectivity index (χ4n) is 1.38. The molecule has 1 rings (SSSR count). The Morgan fingerprint density at radius 1 is 1.24 bits per heavy atom. The number of ether oxygens (including phenoxy) is 1. The summed E-state index contributed by atoms with van der Waals surface area (Å²) in [5.74, 6) is -1.36. The first kappa shape index (κ1) is 16.8. The van der Waals surface area contributed by atoms with Crippen LogP contribution in [0.5, 0.6) is 5.75 Å². The van der Waals surface area contributed by atoms with Crippen molar-refractivity contribution in [1.82, 2.24) is 4.90 Å². The number of benzene rings is 1. The molecule has 1 amide bonds. The van der Waals surface area contributed by atoms with E-state index in [9.17, 15) is 22.8 Å². The molecule has 0 radical (unpaired) electrons. The number of carboxylic acid groups (broad SMARTS) is 1. The highest BCUT2D eigenvalue weighted by Gasteiger charge is 2.30. The first-order valence-electron chi connectivity index (χ1n) is 5.96. The Morgan fingerprint density at radius 3 is 2.29 bits per heavy atom. The number of carbonyl (C=O) groups excluding carboxylic acids is 1. The monoisotopic (exact) mass is 305 g/mol. The molecular weight excluding hydrogens is 291 g/mol. The number of rotatable bonds is 6. The van der Waals surface area contributed by atoms with Crippen LogP contribution in [0, 0.1) is 0 Å². The lowest BCUT2D eigenvalue weighted by Crippen LogP contribution is -2.33. The van der Waals surface area contributed by atoms with E-state index >= 15 is 0 Å². The lowest BCUT2D eigenvalue weighted by molar-refractivity contribution is -0.139. The predicted octanol–water partition coefficient (Wildman–Crippen LogP) is 2.02. The van der Waals surface area contributed by atoms with Gasteiger partial charge >= 0.3 is 12.1 Å². The maximum absolute atomic E-state index is 12.3. The fourth-order valence-corrected chi connectivity index (χ4v) is 1.38. The second-order valence-electron chi connectivity index (χ2n) is 4.27. The van der Waals surface area contributed by atoms with Crippen molar-refractivity contribution in [2.24, 2.45) is 0 Å². The molecule has 0 heterocycles. The number of carbonyl (C=O) groups is 2. The zero-order valence-electron chi connectivity index (χ0n) is 11.2. The van der Waals surface area contributed by atoms with Crippen LogP contribution >= 0.6 is 0 Å². The highest BCUT2D eigenvalue weighted by Crippen LogP contribution is 2.30. The Morgan fingerprint density at radius 2 is 1.81 bits per heavy atom. The number of likely N-dealkylation sites (N-methyl/N-ethyl adjacent to an activating group) is 1. The Labute approximate surface area is 118 Å². The minimum Gasteiger partial charge on any atom is -0.484 e. The zero-order valence-corrected chi connectivity index (χ0v) is 11.2. The number of halogens is 3. The summed E-state index contributed by atoms with van der Waals surface area (Å²) in [5, 5.41) is 8.48. The number of carboxylic acids is 1. The SMILES string of the molecule is CN(CCC(=O)O)C(=O)COc1ccc(C(F)(F)F)cc1. The summed E-state index contributed by atoms with van der Waals surface area (Å²) >= 11 is 0. The van der Waals surface area contributed by atoms with Gasteiger partial charge in [-0.1, -0.05) is 0 Å². The van der Waals surface area contributed by atoms with Crippen LogP contribution < -0.4 is 4.74 Å².